The van der Waals surface area contributed by atoms with E-state index in [1.54, 1.807) is 0 Å². The minimum atomic E-state index is -5.84. The first-order valence-corrected chi connectivity index (χ1v) is 8.01. The van der Waals surface area contributed by atoms with E-state index >= 15 is 0 Å². The lowest BCUT2D eigenvalue weighted by atomic mass is 10.3. The van der Waals surface area contributed by atoms with Crippen molar-refractivity contribution in [3.05, 3.63) is 24.3 Å². The van der Waals surface area contributed by atoms with Crippen molar-refractivity contribution >= 4 is 20.6 Å². The summed E-state index contributed by atoms with van der Waals surface area (Å²) in [6.45, 7) is 0. The van der Waals surface area contributed by atoms with Crippen LogP contribution in [0.3, 0.4) is 0 Å². The molecule has 0 amide bonds. The van der Waals surface area contributed by atoms with Gasteiger partial charge < -0.3 is 13.8 Å². The van der Waals surface area contributed by atoms with Crippen LogP contribution in [-0.2, 0) is 20.6 Å². The number of halogens is 3. The highest BCUT2D eigenvalue weighted by Gasteiger charge is 2.44. The molecule has 0 unspecified atom stereocenters. The minimum absolute atomic E-state index is 0.0891. The molecule has 0 saturated carbocycles. The number of aromatic hydroxyl groups is 1. The van der Waals surface area contributed by atoms with Crippen molar-refractivity contribution in [3.63, 3.8) is 0 Å². The van der Waals surface area contributed by atoms with Crippen LogP contribution in [0.4, 0.5) is 13.2 Å². The molecule has 3 N–H and O–H groups in total. The van der Waals surface area contributed by atoms with Gasteiger partial charge in [-0.3, -0.25) is 4.55 Å². The highest BCUT2D eigenvalue weighted by atomic mass is 32.3. The Balaban J connectivity index is 0.000000396. The molecular weight excluding hydrogens is 329 g/mol. The van der Waals surface area contributed by atoms with Crippen molar-refractivity contribution in [2.45, 2.75) is 5.51 Å². The molecule has 0 bridgehead atoms. The number of phenols is 1. The van der Waals surface area contributed by atoms with Crippen LogP contribution in [-0.4, -0.2) is 38.6 Å². The predicted molar refractivity (Wildman–Crippen MR) is 64.4 cm³/mol. The zero-order valence-corrected chi connectivity index (χ0v) is 11.5. The zero-order valence-electron chi connectivity index (χ0n) is 9.77. The second-order valence-electron chi connectivity index (χ2n) is 3.31. The number of hydrogen-bond donors (Lipinski definition) is 4. The van der Waals surface area contributed by atoms with Gasteiger partial charge in [-0.1, -0.05) is 0 Å². The maximum Gasteiger partial charge on any atom is 0.522 e. The molecule has 0 radical (unpaired) electrons. The molecule has 0 aliphatic carbocycles. The summed E-state index contributed by atoms with van der Waals surface area (Å²) in [4.78, 5) is 0. The molecule has 0 atom stereocenters. The molecule has 118 valence electrons. The maximum absolute atomic E-state index is 10.7. The van der Waals surface area contributed by atoms with Crippen LogP contribution in [0.15, 0.2) is 24.3 Å². The molecule has 1 rings (SSSR count). The molecule has 0 heterocycles. The largest absolute Gasteiger partial charge is 0.522 e. The number of benzene rings is 1. The Hall–Kier alpha value is -1.37. The van der Waals surface area contributed by atoms with Gasteiger partial charge in [-0.05, 0) is 24.3 Å². The highest BCUT2D eigenvalue weighted by Crippen LogP contribution is 2.20. The summed E-state index contributed by atoms with van der Waals surface area (Å²) in [6, 6.07) is 5.60. The van der Waals surface area contributed by atoms with E-state index in [9.17, 15) is 17.4 Å². The van der Waals surface area contributed by atoms with Gasteiger partial charge in [-0.2, -0.15) is 21.6 Å². The van der Waals surface area contributed by atoms with E-state index in [2.05, 4.69) is 4.18 Å². The molecule has 0 aliphatic rings. The van der Waals surface area contributed by atoms with Crippen molar-refractivity contribution in [3.8, 4) is 11.5 Å². The Bertz CT molecular complexity index is 573. The Morgan fingerprint density at radius 2 is 1.55 bits per heavy atom. The molecule has 1 aromatic rings. The van der Waals surface area contributed by atoms with Gasteiger partial charge in [0.25, 0.3) is 0 Å². The summed E-state index contributed by atoms with van der Waals surface area (Å²) in [5.41, 5.74) is -5.53. The van der Waals surface area contributed by atoms with Crippen LogP contribution in [0.5, 0.6) is 11.5 Å². The van der Waals surface area contributed by atoms with E-state index in [-0.39, 0.29) is 11.5 Å². The fourth-order valence-corrected chi connectivity index (χ4v) is 1.22. The minimum Gasteiger partial charge on any atom is -0.508 e. The van der Waals surface area contributed by atoms with E-state index < -0.39 is 26.1 Å². The third-order valence-corrected chi connectivity index (χ3v) is 2.54. The Labute approximate surface area is 113 Å². The van der Waals surface area contributed by atoms with Gasteiger partial charge in [-0.25, -0.2) is 4.21 Å². The number of phenolic OH excluding ortho intramolecular Hbond substituents is 1. The molecule has 7 nitrogen and oxygen atoms in total. The molecule has 1 aromatic carbocycles. The molecule has 20 heavy (non-hydrogen) atoms. The van der Waals surface area contributed by atoms with E-state index in [4.69, 9.17) is 22.6 Å². The van der Waals surface area contributed by atoms with Crippen molar-refractivity contribution < 1.29 is 44.2 Å². The normalized spacial score (nSPS) is 13.1. The Morgan fingerprint density at radius 1 is 1.20 bits per heavy atom. The average Bonchev–Trinajstić information content (AvgIpc) is 2.17. The summed E-state index contributed by atoms with van der Waals surface area (Å²) >= 11 is 0. The molecular formula is C8H11F3O7S2. The molecule has 0 saturated heterocycles. The first-order chi connectivity index (χ1) is 8.72. The highest BCUT2D eigenvalue weighted by molar-refractivity contribution is 7.92. The van der Waals surface area contributed by atoms with Gasteiger partial charge in [0, 0.05) is 6.26 Å². The van der Waals surface area contributed by atoms with Crippen molar-refractivity contribution in [1.29, 1.82) is 0 Å². The smallest absolute Gasteiger partial charge is 0.508 e. The van der Waals surface area contributed by atoms with Crippen LogP contribution in [0, 0.1) is 0 Å². The number of rotatable bonds is 2. The number of alkyl halides is 3. The summed E-state index contributed by atoms with van der Waals surface area (Å²) < 4.78 is 81.7. The second-order valence-corrected chi connectivity index (χ2v) is 6.51. The third-order valence-electron chi connectivity index (χ3n) is 1.40. The van der Waals surface area contributed by atoms with E-state index in [0.29, 0.717) is 0 Å². The molecule has 0 aliphatic heterocycles. The van der Waals surface area contributed by atoms with Gasteiger partial charge in [0.05, 0.1) is 0 Å². The quantitative estimate of drug-likeness (QED) is 0.362. The summed E-state index contributed by atoms with van der Waals surface area (Å²) in [7, 11) is -9.32. The lowest BCUT2D eigenvalue weighted by molar-refractivity contribution is -0.0510. The third kappa shape index (κ3) is 7.93. The van der Waals surface area contributed by atoms with Crippen molar-refractivity contribution in [2.75, 3.05) is 6.26 Å². The first kappa shape index (κ1) is 18.6. The Morgan fingerprint density at radius 3 is 1.80 bits per heavy atom. The Kier molecular flexibility index (Phi) is 5.95. The van der Waals surface area contributed by atoms with Crippen molar-refractivity contribution in [2.24, 2.45) is 0 Å². The van der Waals surface area contributed by atoms with Crippen LogP contribution < -0.4 is 4.18 Å². The standard InChI is InChI=1S/C7H10O4S.CHF3O3S/c1-12(9,10)11-7-4-2-6(8)3-5-7;2-1(3,4)8(5,6)7/h2-5,8,12H,1H3,(H,9,10);(H,5,6,7). The van der Waals surface area contributed by atoms with Gasteiger partial charge >= 0.3 is 15.6 Å². The SMILES string of the molecule is C[SH](=O)(O)Oc1ccc(O)cc1.O=S(=O)(O)C(F)(F)F. The van der Waals surface area contributed by atoms with Crippen molar-refractivity contribution in [1.82, 2.24) is 0 Å². The van der Waals surface area contributed by atoms with E-state index in [0.717, 1.165) is 6.26 Å². The molecule has 12 heteroatoms. The monoisotopic (exact) mass is 340 g/mol. The van der Waals surface area contributed by atoms with Crippen LogP contribution in [0.1, 0.15) is 0 Å². The predicted octanol–water partition coefficient (Wildman–Crippen LogP) is 1.20. The summed E-state index contributed by atoms with van der Waals surface area (Å²) in [5, 5.41) is 8.87. The molecule has 0 aromatic heterocycles. The molecule has 0 spiro atoms. The maximum atomic E-state index is 10.7. The summed E-state index contributed by atoms with van der Waals surface area (Å²) in [5.74, 6) is 0.354. The molecule has 0 fully saturated rings. The van der Waals surface area contributed by atoms with Gasteiger partial charge in [0.1, 0.15) is 22.0 Å². The first-order valence-electron chi connectivity index (χ1n) is 4.55. The number of hydrogen-bond acceptors (Lipinski definition) is 5. The lowest BCUT2D eigenvalue weighted by Gasteiger charge is -2.13. The van der Waals surface area contributed by atoms with Crippen LogP contribution in [0.25, 0.3) is 0 Å². The second kappa shape index (κ2) is 6.39. The van der Waals surface area contributed by atoms with Gasteiger partial charge in [0.2, 0.25) is 0 Å². The lowest BCUT2D eigenvalue weighted by Crippen LogP contribution is -2.21. The van der Waals surface area contributed by atoms with E-state index in [1.165, 1.54) is 24.3 Å². The van der Waals surface area contributed by atoms with Crippen LogP contribution in [0.2, 0.25) is 0 Å². The van der Waals surface area contributed by atoms with Gasteiger partial charge in [0.15, 0.2) is 0 Å². The fraction of sp³-hybridized carbons (Fsp3) is 0.250. The zero-order chi connectivity index (χ0) is 16.2. The topological polar surface area (TPSA) is 121 Å². The van der Waals surface area contributed by atoms with Crippen LogP contribution >= 0.6 is 0 Å². The summed E-state index contributed by atoms with van der Waals surface area (Å²) in [6.07, 6.45) is 1.10. The fourth-order valence-electron chi connectivity index (χ4n) is 0.703. The average molecular weight is 340 g/mol. The van der Waals surface area contributed by atoms with Gasteiger partial charge in [-0.15, -0.1) is 0 Å². The number of thiol groups is 1. The van der Waals surface area contributed by atoms with E-state index in [1.807, 2.05) is 0 Å².